The first-order valence-corrected chi connectivity index (χ1v) is 7.38. The predicted molar refractivity (Wildman–Crippen MR) is 78.4 cm³/mol. The van der Waals surface area contributed by atoms with Crippen LogP contribution in [0.3, 0.4) is 0 Å². The summed E-state index contributed by atoms with van der Waals surface area (Å²) >= 11 is 0. The molecule has 0 spiro atoms. The molecule has 5 heteroatoms. The van der Waals surface area contributed by atoms with Gasteiger partial charge in [0.15, 0.2) is 0 Å². The second-order valence-electron chi connectivity index (χ2n) is 5.62. The zero-order valence-electron chi connectivity index (χ0n) is 12.8. The van der Waals surface area contributed by atoms with Crippen LogP contribution in [0.4, 0.5) is 13.2 Å². The summed E-state index contributed by atoms with van der Waals surface area (Å²) < 4.78 is 40.2. The normalized spacial score (nSPS) is 13.5. The van der Waals surface area contributed by atoms with E-state index in [-0.39, 0.29) is 5.75 Å². The van der Waals surface area contributed by atoms with E-state index in [4.69, 9.17) is 0 Å². The van der Waals surface area contributed by atoms with E-state index in [1.54, 1.807) is 12.1 Å². The monoisotopic (exact) mass is 303 g/mol. The highest BCUT2D eigenvalue weighted by Gasteiger charge is 2.30. The lowest BCUT2D eigenvalue weighted by atomic mass is 9.98. The van der Waals surface area contributed by atoms with Gasteiger partial charge in [0.1, 0.15) is 5.75 Å². The molecular weight excluding hydrogens is 279 g/mol. The standard InChI is InChI=1S/C16H24F3NO/c1-4-20-14(8-5-12(2)3)11-13-6-9-15(10-7-13)21-16(17,18)19/h6-7,9-10,12,14,20H,4-5,8,11H2,1-3H3. The molecule has 0 saturated heterocycles. The molecule has 0 aliphatic carbocycles. The lowest BCUT2D eigenvalue weighted by Crippen LogP contribution is -2.31. The van der Waals surface area contributed by atoms with E-state index in [1.165, 1.54) is 12.1 Å². The molecule has 0 aliphatic heterocycles. The van der Waals surface area contributed by atoms with Crippen LogP contribution in [0.1, 0.15) is 39.2 Å². The SMILES string of the molecule is CCNC(CCC(C)C)Cc1ccc(OC(F)(F)F)cc1. The van der Waals surface area contributed by atoms with E-state index in [1.807, 2.05) is 0 Å². The molecule has 120 valence electrons. The zero-order chi connectivity index (χ0) is 15.9. The number of benzene rings is 1. The van der Waals surface area contributed by atoms with Gasteiger partial charge in [-0.1, -0.05) is 32.9 Å². The van der Waals surface area contributed by atoms with Gasteiger partial charge in [-0.2, -0.15) is 0 Å². The molecule has 2 nitrogen and oxygen atoms in total. The van der Waals surface area contributed by atoms with Crippen molar-refractivity contribution in [3.63, 3.8) is 0 Å². The molecule has 0 fully saturated rings. The molecule has 1 aromatic rings. The number of likely N-dealkylation sites (N-methyl/N-ethyl adjacent to an activating group) is 1. The van der Waals surface area contributed by atoms with E-state index in [0.717, 1.165) is 31.4 Å². The highest BCUT2D eigenvalue weighted by Crippen LogP contribution is 2.23. The summed E-state index contributed by atoms with van der Waals surface area (Å²) in [6.45, 7) is 7.32. The summed E-state index contributed by atoms with van der Waals surface area (Å²) in [6.07, 6.45) is -1.63. The van der Waals surface area contributed by atoms with E-state index < -0.39 is 6.36 Å². The molecule has 21 heavy (non-hydrogen) atoms. The molecule has 1 rings (SSSR count). The first-order valence-electron chi connectivity index (χ1n) is 7.38. The van der Waals surface area contributed by atoms with Crippen LogP contribution < -0.4 is 10.1 Å². The number of hydrogen-bond acceptors (Lipinski definition) is 2. The van der Waals surface area contributed by atoms with Gasteiger partial charge in [0.25, 0.3) is 0 Å². The number of halogens is 3. The average Bonchev–Trinajstić information content (AvgIpc) is 2.37. The maximum atomic E-state index is 12.1. The Kier molecular flexibility index (Phi) is 7.02. The molecule has 0 bridgehead atoms. The average molecular weight is 303 g/mol. The van der Waals surface area contributed by atoms with E-state index in [9.17, 15) is 13.2 Å². The molecule has 1 N–H and O–H groups in total. The van der Waals surface area contributed by atoms with Crippen molar-refractivity contribution < 1.29 is 17.9 Å². The van der Waals surface area contributed by atoms with Gasteiger partial charge in [-0.25, -0.2) is 0 Å². The summed E-state index contributed by atoms with van der Waals surface area (Å²) in [5.41, 5.74) is 1.01. The highest BCUT2D eigenvalue weighted by atomic mass is 19.4. The van der Waals surface area contributed by atoms with Crippen molar-refractivity contribution in [3.05, 3.63) is 29.8 Å². The second kappa shape index (κ2) is 8.27. The fraction of sp³-hybridized carbons (Fsp3) is 0.625. The summed E-state index contributed by atoms with van der Waals surface area (Å²) in [4.78, 5) is 0. The smallest absolute Gasteiger partial charge is 0.406 e. The first-order chi connectivity index (χ1) is 9.80. The Morgan fingerprint density at radius 1 is 1.10 bits per heavy atom. The van der Waals surface area contributed by atoms with E-state index in [2.05, 4.69) is 30.8 Å². The van der Waals surface area contributed by atoms with Crippen LogP contribution >= 0.6 is 0 Å². The van der Waals surface area contributed by atoms with Crippen LogP contribution in [-0.2, 0) is 6.42 Å². The summed E-state index contributed by atoms with van der Waals surface area (Å²) in [7, 11) is 0. The largest absolute Gasteiger partial charge is 0.573 e. The molecule has 1 atom stereocenters. The Labute approximate surface area is 124 Å². The third kappa shape index (κ3) is 7.95. The molecule has 0 amide bonds. The van der Waals surface area contributed by atoms with Gasteiger partial charge in [-0.05, 0) is 49.4 Å². The van der Waals surface area contributed by atoms with Crippen molar-refractivity contribution in [1.29, 1.82) is 0 Å². The van der Waals surface area contributed by atoms with Crippen molar-refractivity contribution >= 4 is 0 Å². The lowest BCUT2D eigenvalue weighted by molar-refractivity contribution is -0.274. The topological polar surface area (TPSA) is 21.3 Å². The third-order valence-electron chi connectivity index (χ3n) is 3.22. The van der Waals surface area contributed by atoms with Gasteiger partial charge >= 0.3 is 6.36 Å². The summed E-state index contributed by atoms with van der Waals surface area (Å²) in [6, 6.07) is 6.48. The Morgan fingerprint density at radius 2 is 1.71 bits per heavy atom. The minimum Gasteiger partial charge on any atom is -0.406 e. The molecule has 0 aliphatic rings. The number of nitrogens with one attached hydrogen (secondary N) is 1. The van der Waals surface area contributed by atoms with Gasteiger partial charge < -0.3 is 10.1 Å². The quantitative estimate of drug-likeness (QED) is 0.761. The van der Waals surface area contributed by atoms with Crippen LogP contribution in [0.5, 0.6) is 5.75 Å². The van der Waals surface area contributed by atoms with Crippen molar-refractivity contribution in [2.24, 2.45) is 5.92 Å². The molecule has 0 radical (unpaired) electrons. The van der Waals surface area contributed by atoms with Crippen molar-refractivity contribution in [2.75, 3.05) is 6.54 Å². The van der Waals surface area contributed by atoms with Crippen molar-refractivity contribution in [1.82, 2.24) is 5.32 Å². The van der Waals surface area contributed by atoms with Crippen LogP contribution in [0, 0.1) is 5.92 Å². The van der Waals surface area contributed by atoms with Crippen molar-refractivity contribution in [2.45, 2.75) is 52.4 Å². The Hall–Kier alpha value is -1.23. The van der Waals surface area contributed by atoms with Crippen molar-refractivity contribution in [3.8, 4) is 5.75 Å². The van der Waals surface area contributed by atoms with Crippen LogP contribution in [0.25, 0.3) is 0 Å². The fourth-order valence-corrected chi connectivity index (χ4v) is 2.21. The molecule has 0 saturated carbocycles. The van der Waals surface area contributed by atoms with Gasteiger partial charge in [-0.3, -0.25) is 0 Å². The van der Waals surface area contributed by atoms with E-state index >= 15 is 0 Å². The van der Waals surface area contributed by atoms with Crippen LogP contribution in [0.2, 0.25) is 0 Å². The Morgan fingerprint density at radius 3 is 2.19 bits per heavy atom. The second-order valence-corrected chi connectivity index (χ2v) is 5.62. The van der Waals surface area contributed by atoms with Gasteiger partial charge in [0.2, 0.25) is 0 Å². The van der Waals surface area contributed by atoms with E-state index in [0.29, 0.717) is 12.0 Å². The minimum absolute atomic E-state index is 0.173. The Bertz CT molecular complexity index is 401. The molecule has 1 unspecified atom stereocenters. The number of hydrogen-bond donors (Lipinski definition) is 1. The Balaban J connectivity index is 2.58. The van der Waals surface area contributed by atoms with Gasteiger partial charge in [0.05, 0.1) is 0 Å². The summed E-state index contributed by atoms with van der Waals surface area (Å²) in [5.74, 6) is 0.474. The third-order valence-corrected chi connectivity index (χ3v) is 3.22. The fourth-order valence-electron chi connectivity index (χ4n) is 2.21. The zero-order valence-corrected chi connectivity index (χ0v) is 12.8. The number of rotatable bonds is 8. The van der Waals surface area contributed by atoms with Gasteiger partial charge in [0, 0.05) is 6.04 Å². The molecule has 0 aromatic heterocycles. The lowest BCUT2D eigenvalue weighted by Gasteiger charge is -2.19. The highest BCUT2D eigenvalue weighted by molar-refractivity contribution is 5.28. The predicted octanol–water partition coefficient (Wildman–Crippen LogP) is 4.54. The molecule has 1 aromatic carbocycles. The molecule has 0 heterocycles. The minimum atomic E-state index is -4.63. The number of ether oxygens (including phenoxy) is 1. The maximum absolute atomic E-state index is 12.1. The van der Waals surface area contributed by atoms with Crippen LogP contribution in [-0.4, -0.2) is 18.9 Å². The first kappa shape index (κ1) is 17.8. The maximum Gasteiger partial charge on any atom is 0.573 e. The van der Waals surface area contributed by atoms with Gasteiger partial charge in [-0.15, -0.1) is 13.2 Å². The molecular formula is C16H24F3NO. The number of alkyl halides is 3. The summed E-state index contributed by atoms with van der Waals surface area (Å²) in [5, 5.41) is 3.43. The van der Waals surface area contributed by atoms with Crippen LogP contribution in [0.15, 0.2) is 24.3 Å².